The smallest absolute Gasteiger partial charge is 0.353 e. The Labute approximate surface area is 128 Å². The molecule has 108 valence electrons. The number of nitriles is 1. The lowest BCUT2D eigenvalue weighted by Crippen LogP contribution is -2.06. The molecule has 0 amide bonds. The second-order valence-corrected chi connectivity index (χ2v) is 5.28. The van der Waals surface area contributed by atoms with Gasteiger partial charge in [-0.2, -0.15) is 18.4 Å². The summed E-state index contributed by atoms with van der Waals surface area (Å²) in [5.74, 6) is 0. The van der Waals surface area contributed by atoms with E-state index in [1.54, 1.807) is 25.1 Å². The summed E-state index contributed by atoms with van der Waals surface area (Å²) < 4.78 is 38.8. The maximum atomic E-state index is 12.8. The van der Waals surface area contributed by atoms with E-state index < -0.39 is 11.7 Å². The summed E-state index contributed by atoms with van der Waals surface area (Å²) in [6.07, 6.45) is -4.42. The van der Waals surface area contributed by atoms with Crippen LogP contribution in [0.2, 0.25) is 0 Å². The second kappa shape index (κ2) is 5.78. The Kier molecular flexibility index (Phi) is 4.24. The SMILES string of the molecule is Cc1cccc(C#N)c1Nc1cc(C(F)(F)F)ccc1Br. The van der Waals surface area contributed by atoms with E-state index in [4.69, 9.17) is 5.26 Å². The van der Waals surface area contributed by atoms with E-state index >= 15 is 0 Å². The molecule has 0 bridgehead atoms. The van der Waals surface area contributed by atoms with Gasteiger partial charge in [0.2, 0.25) is 0 Å². The van der Waals surface area contributed by atoms with Gasteiger partial charge in [0.05, 0.1) is 22.5 Å². The highest BCUT2D eigenvalue weighted by Gasteiger charge is 2.31. The van der Waals surface area contributed by atoms with Crippen molar-refractivity contribution in [2.45, 2.75) is 13.1 Å². The third kappa shape index (κ3) is 3.37. The van der Waals surface area contributed by atoms with E-state index in [1.165, 1.54) is 6.07 Å². The summed E-state index contributed by atoms with van der Waals surface area (Å²) in [5, 5.41) is 12.0. The predicted octanol–water partition coefficient (Wildman–Crippen LogP) is 5.39. The van der Waals surface area contributed by atoms with Gasteiger partial charge in [0.25, 0.3) is 0 Å². The summed E-state index contributed by atoms with van der Waals surface area (Å²) in [5.41, 5.74) is 1.16. The normalized spacial score (nSPS) is 11.0. The Hall–Kier alpha value is -2.00. The molecule has 0 aliphatic carbocycles. The minimum Gasteiger partial charge on any atom is -0.353 e. The number of nitrogens with one attached hydrogen (secondary N) is 1. The van der Waals surface area contributed by atoms with Crippen molar-refractivity contribution in [2.24, 2.45) is 0 Å². The number of anilines is 2. The van der Waals surface area contributed by atoms with E-state index in [1.807, 2.05) is 6.07 Å². The standard InChI is InChI=1S/C15H10BrF3N2/c1-9-3-2-4-10(8-20)14(9)21-13-7-11(15(17,18)19)5-6-12(13)16/h2-7,21H,1H3. The van der Waals surface area contributed by atoms with Gasteiger partial charge < -0.3 is 5.32 Å². The third-order valence-electron chi connectivity index (χ3n) is 2.95. The zero-order valence-corrected chi connectivity index (χ0v) is 12.5. The zero-order chi connectivity index (χ0) is 15.6. The molecular weight excluding hydrogens is 345 g/mol. The van der Waals surface area contributed by atoms with E-state index in [-0.39, 0.29) is 5.69 Å². The van der Waals surface area contributed by atoms with Crippen LogP contribution in [0.3, 0.4) is 0 Å². The van der Waals surface area contributed by atoms with Crippen LogP contribution in [0.15, 0.2) is 40.9 Å². The molecular formula is C15H10BrF3N2. The molecule has 0 saturated carbocycles. The minimum absolute atomic E-state index is 0.260. The Morgan fingerprint density at radius 3 is 2.52 bits per heavy atom. The lowest BCUT2D eigenvalue weighted by molar-refractivity contribution is -0.137. The average Bonchev–Trinajstić information content (AvgIpc) is 2.41. The summed E-state index contributed by atoms with van der Waals surface area (Å²) in [4.78, 5) is 0. The summed E-state index contributed by atoms with van der Waals surface area (Å²) in [6.45, 7) is 1.78. The van der Waals surface area contributed by atoms with Gasteiger partial charge in [-0.15, -0.1) is 0 Å². The summed E-state index contributed by atoms with van der Waals surface area (Å²) in [6, 6.07) is 10.5. The van der Waals surface area contributed by atoms with Crippen LogP contribution in [0.25, 0.3) is 0 Å². The van der Waals surface area contributed by atoms with Gasteiger partial charge in [0.15, 0.2) is 0 Å². The molecule has 0 saturated heterocycles. The number of rotatable bonds is 2. The van der Waals surface area contributed by atoms with Crippen LogP contribution in [-0.2, 0) is 6.18 Å². The molecule has 2 rings (SSSR count). The molecule has 0 aromatic heterocycles. The first-order valence-electron chi connectivity index (χ1n) is 5.96. The van der Waals surface area contributed by atoms with E-state index in [2.05, 4.69) is 21.2 Å². The molecule has 0 atom stereocenters. The van der Waals surface area contributed by atoms with Crippen molar-refractivity contribution in [3.63, 3.8) is 0 Å². The van der Waals surface area contributed by atoms with Crippen molar-refractivity contribution in [1.29, 1.82) is 5.26 Å². The predicted molar refractivity (Wildman–Crippen MR) is 78.3 cm³/mol. The molecule has 1 N–H and O–H groups in total. The van der Waals surface area contributed by atoms with Crippen LogP contribution in [0.1, 0.15) is 16.7 Å². The molecule has 2 aromatic carbocycles. The summed E-state index contributed by atoms with van der Waals surface area (Å²) >= 11 is 3.21. The second-order valence-electron chi connectivity index (χ2n) is 4.43. The Bertz CT molecular complexity index is 718. The first kappa shape index (κ1) is 15.4. The van der Waals surface area contributed by atoms with Crippen molar-refractivity contribution in [1.82, 2.24) is 0 Å². The molecule has 21 heavy (non-hydrogen) atoms. The monoisotopic (exact) mass is 354 g/mol. The molecule has 2 aromatic rings. The van der Waals surface area contributed by atoms with Gasteiger partial charge in [0.1, 0.15) is 6.07 Å². The van der Waals surface area contributed by atoms with Crippen LogP contribution >= 0.6 is 15.9 Å². The van der Waals surface area contributed by atoms with Gasteiger partial charge in [-0.05, 0) is 52.7 Å². The van der Waals surface area contributed by atoms with Gasteiger partial charge in [-0.3, -0.25) is 0 Å². The molecule has 0 fully saturated rings. The minimum atomic E-state index is -4.42. The van der Waals surface area contributed by atoms with Crippen LogP contribution in [0.5, 0.6) is 0 Å². The van der Waals surface area contributed by atoms with Crippen LogP contribution in [-0.4, -0.2) is 0 Å². The molecule has 2 nitrogen and oxygen atoms in total. The zero-order valence-electron chi connectivity index (χ0n) is 10.9. The number of hydrogen-bond donors (Lipinski definition) is 1. The molecule has 0 aliphatic heterocycles. The Morgan fingerprint density at radius 1 is 1.19 bits per heavy atom. The number of nitrogens with zero attached hydrogens (tertiary/aromatic N) is 1. The Morgan fingerprint density at radius 2 is 1.90 bits per heavy atom. The number of benzene rings is 2. The highest BCUT2D eigenvalue weighted by atomic mass is 79.9. The topological polar surface area (TPSA) is 35.8 Å². The molecule has 0 heterocycles. The van der Waals surface area contributed by atoms with Crippen molar-refractivity contribution < 1.29 is 13.2 Å². The van der Waals surface area contributed by atoms with E-state index in [0.717, 1.165) is 17.7 Å². The lowest BCUT2D eigenvalue weighted by Gasteiger charge is -2.15. The fraction of sp³-hybridized carbons (Fsp3) is 0.133. The first-order chi connectivity index (χ1) is 9.82. The highest BCUT2D eigenvalue weighted by molar-refractivity contribution is 9.10. The van der Waals surface area contributed by atoms with Crippen LogP contribution < -0.4 is 5.32 Å². The van der Waals surface area contributed by atoms with Crippen molar-refractivity contribution in [2.75, 3.05) is 5.32 Å². The fourth-order valence-corrected chi connectivity index (χ4v) is 2.20. The van der Waals surface area contributed by atoms with Crippen molar-refractivity contribution >= 4 is 27.3 Å². The molecule has 0 aliphatic rings. The average molecular weight is 355 g/mol. The van der Waals surface area contributed by atoms with E-state index in [9.17, 15) is 13.2 Å². The lowest BCUT2D eigenvalue weighted by atomic mass is 10.1. The van der Waals surface area contributed by atoms with E-state index in [0.29, 0.717) is 15.7 Å². The molecule has 6 heteroatoms. The Balaban J connectivity index is 2.48. The van der Waals surface area contributed by atoms with Crippen molar-refractivity contribution in [3.8, 4) is 6.07 Å². The number of para-hydroxylation sites is 1. The van der Waals surface area contributed by atoms with Gasteiger partial charge >= 0.3 is 6.18 Å². The third-order valence-corrected chi connectivity index (χ3v) is 3.64. The number of aryl methyl sites for hydroxylation is 1. The summed E-state index contributed by atoms with van der Waals surface area (Å²) in [7, 11) is 0. The highest BCUT2D eigenvalue weighted by Crippen LogP contribution is 2.36. The molecule has 0 radical (unpaired) electrons. The molecule has 0 spiro atoms. The largest absolute Gasteiger partial charge is 0.416 e. The fourth-order valence-electron chi connectivity index (χ4n) is 1.86. The maximum Gasteiger partial charge on any atom is 0.416 e. The van der Waals surface area contributed by atoms with Gasteiger partial charge in [-0.25, -0.2) is 0 Å². The van der Waals surface area contributed by atoms with Gasteiger partial charge in [0, 0.05) is 4.47 Å². The maximum absolute atomic E-state index is 12.8. The van der Waals surface area contributed by atoms with Crippen molar-refractivity contribution in [3.05, 3.63) is 57.6 Å². The van der Waals surface area contributed by atoms with Gasteiger partial charge in [-0.1, -0.05) is 12.1 Å². The quantitative estimate of drug-likeness (QED) is 0.784. The number of halogens is 4. The first-order valence-corrected chi connectivity index (χ1v) is 6.75. The van der Waals surface area contributed by atoms with Crippen LogP contribution in [0, 0.1) is 18.3 Å². The number of hydrogen-bond acceptors (Lipinski definition) is 2. The molecule has 0 unspecified atom stereocenters. The number of alkyl halides is 3. The van der Waals surface area contributed by atoms with Crippen LogP contribution in [0.4, 0.5) is 24.5 Å².